The van der Waals surface area contributed by atoms with E-state index in [0.29, 0.717) is 0 Å². The number of rotatable bonds is 1. The van der Waals surface area contributed by atoms with Gasteiger partial charge in [-0.3, -0.25) is 9.97 Å². The average Bonchev–Trinajstić information content (AvgIpc) is 3.25. The fourth-order valence-electron chi connectivity index (χ4n) is 6.12. The molecule has 5 aromatic rings. The number of para-hydroxylation sites is 1. The summed E-state index contributed by atoms with van der Waals surface area (Å²) in [4.78, 5) is 12.2. The number of benzene rings is 2. The lowest BCUT2D eigenvalue weighted by molar-refractivity contribution is 0.482. The minimum absolute atomic E-state index is 0.0398. The highest BCUT2D eigenvalue weighted by molar-refractivity contribution is 6.11. The molecule has 3 aromatic heterocycles. The smallest absolute Gasteiger partial charge is 0.0886 e. The second-order valence-corrected chi connectivity index (χ2v) is 15.4. The SMILES string of the molecule is CC(C)(C)c1c(C(C)(C)C)c(C(C)(C)C)c2c([nH]c3ccccc32)c1C(C)(C)C.c1ccc(-c2ccccn2)nc1. The molecule has 0 radical (unpaired) electrons. The van der Waals surface area contributed by atoms with E-state index in [1.165, 1.54) is 38.5 Å². The lowest BCUT2D eigenvalue weighted by atomic mass is 9.63. The summed E-state index contributed by atoms with van der Waals surface area (Å²) in [5.74, 6) is 0. The Morgan fingerprint density at radius 1 is 0.463 bits per heavy atom. The van der Waals surface area contributed by atoms with Crippen LogP contribution in [0, 0.1) is 0 Å². The van der Waals surface area contributed by atoms with Gasteiger partial charge in [-0.15, -0.1) is 0 Å². The van der Waals surface area contributed by atoms with Crippen LogP contribution >= 0.6 is 0 Å². The van der Waals surface area contributed by atoms with Gasteiger partial charge >= 0.3 is 0 Å². The highest BCUT2D eigenvalue weighted by Crippen LogP contribution is 2.51. The van der Waals surface area contributed by atoms with Crippen molar-refractivity contribution in [1.82, 2.24) is 15.0 Å². The van der Waals surface area contributed by atoms with Crippen LogP contribution in [0.2, 0.25) is 0 Å². The summed E-state index contributed by atoms with van der Waals surface area (Å²) >= 11 is 0. The molecule has 1 N–H and O–H groups in total. The first-order chi connectivity index (χ1) is 18.9. The molecule has 0 aliphatic carbocycles. The van der Waals surface area contributed by atoms with Crippen molar-refractivity contribution in [3.63, 3.8) is 0 Å². The molecule has 3 nitrogen and oxygen atoms in total. The molecule has 0 bridgehead atoms. The van der Waals surface area contributed by atoms with E-state index in [1.807, 2.05) is 36.4 Å². The standard InChI is InChI=1S/C28H41N.C10H8N2/c1-25(2,3)20-19-17-15-13-14-16-18(17)29-24(19)23(28(10,11)12)22(27(7,8)9)21(20)26(4,5)6;1-3-7-11-9(5-1)10-6-2-4-8-12-10/h13-16,29H,1-12H3;1-8H. The summed E-state index contributed by atoms with van der Waals surface area (Å²) < 4.78 is 0. The van der Waals surface area contributed by atoms with Crippen molar-refractivity contribution < 1.29 is 0 Å². The summed E-state index contributed by atoms with van der Waals surface area (Å²) in [6.45, 7) is 28.5. The maximum atomic E-state index is 4.19. The first kappa shape index (κ1) is 30.5. The number of hydrogen-bond acceptors (Lipinski definition) is 2. The highest BCUT2D eigenvalue weighted by atomic mass is 14.8. The zero-order valence-electron chi connectivity index (χ0n) is 27.3. The Morgan fingerprint density at radius 3 is 1.29 bits per heavy atom. The first-order valence-corrected chi connectivity index (χ1v) is 14.9. The fourth-order valence-corrected chi connectivity index (χ4v) is 6.12. The minimum atomic E-state index is 0.0398. The van der Waals surface area contributed by atoms with Gasteiger partial charge in [-0.2, -0.15) is 0 Å². The van der Waals surface area contributed by atoms with E-state index in [4.69, 9.17) is 0 Å². The molecular formula is C38H49N3. The van der Waals surface area contributed by atoms with Crippen molar-refractivity contribution in [3.05, 3.63) is 95.3 Å². The molecule has 0 aliphatic rings. The zero-order valence-corrected chi connectivity index (χ0v) is 27.3. The van der Waals surface area contributed by atoms with E-state index in [0.717, 1.165) is 11.4 Å². The molecule has 0 saturated carbocycles. The predicted molar refractivity (Wildman–Crippen MR) is 178 cm³/mol. The number of fused-ring (bicyclic) bond motifs is 3. The van der Waals surface area contributed by atoms with Gasteiger partial charge in [0.05, 0.1) is 16.9 Å². The van der Waals surface area contributed by atoms with E-state index < -0.39 is 0 Å². The Balaban J connectivity index is 0.000000267. The number of hydrogen-bond donors (Lipinski definition) is 1. The predicted octanol–water partition coefficient (Wildman–Crippen LogP) is 10.7. The maximum absolute atomic E-state index is 4.19. The van der Waals surface area contributed by atoms with Crippen LogP contribution in [-0.2, 0) is 21.7 Å². The molecule has 3 heteroatoms. The topological polar surface area (TPSA) is 41.6 Å². The fraction of sp³-hybridized carbons (Fsp3) is 0.421. The summed E-state index contributed by atoms with van der Waals surface area (Å²) in [5, 5.41) is 2.78. The largest absolute Gasteiger partial charge is 0.354 e. The number of H-pyrrole nitrogens is 1. The third-order valence-electron chi connectivity index (χ3n) is 7.55. The molecule has 2 aromatic carbocycles. The van der Waals surface area contributed by atoms with Crippen molar-refractivity contribution in [1.29, 1.82) is 0 Å². The van der Waals surface area contributed by atoms with Gasteiger partial charge in [-0.25, -0.2) is 0 Å². The van der Waals surface area contributed by atoms with Gasteiger partial charge in [0.1, 0.15) is 0 Å². The normalized spacial score (nSPS) is 12.9. The Bertz CT molecular complexity index is 1590. The van der Waals surface area contributed by atoms with Crippen LogP contribution in [0.3, 0.4) is 0 Å². The van der Waals surface area contributed by atoms with E-state index in [9.17, 15) is 0 Å². The van der Waals surface area contributed by atoms with Gasteiger partial charge in [0.15, 0.2) is 0 Å². The molecule has 0 fully saturated rings. The van der Waals surface area contributed by atoms with Gasteiger partial charge < -0.3 is 4.98 Å². The van der Waals surface area contributed by atoms with Gasteiger partial charge in [0.25, 0.3) is 0 Å². The van der Waals surface area contributed by atoms with Crippen LogP contribution in [-0.4, -0.2) is 15.0 Å². The molecule has 0 amide bonds. The van der Waals surface area contributed by atoms with Gasteiger partial charge in [-0.1, -0.05) is 113 Å². The Kier molecular flexibility index (Phi) is 7.99. The maximum Gasteiger partial charge on any atom is 0.0886 e. The second kappa shape index (κ2) is 10.7. The Hall–Kier alpha value is -3.46. The van der Waals surface area contributed by atoms with Crippen LogP contribution in [0.4, 0.5) is 0 Å². The lowest BCUT2D eigenvalue weighted by Crippen LogP contribution is -2.32. The second-order valence-electron chi connectivity index (χ2n) is 15.4. The van der Waals surface area contributed by atoms with Crippen LogP contribution in [0.15, 0.2) is 73.1 Å². The molecule has 0 unspecified atom stereocenters. The van der Waals surface area contributed by atoms with Crippen LogP contribution in [0.5, 0.6) is 0 Å². The highest BCUT2D eigenvalue weighted by Gasteiger charge is 2.39. The number of aromatic nitrogens is 3. The molecule has 0 atom stereocenters. The summed E-state index contributed by atoms with van der Waals surface area (Å²) in [7, 11) is 0. The molecule has 5 rings (SSSR count). The molecule has 216 valence electrons. The van der Waals surface area contributed by atoms with Crippen LogP contribution in [0.1, 0.15) is 105 Å². The van der Waals surface area contributed by atoms with E-state index >= 15 is 0 Å². The van der Waals surface area contributed by atoms with Gasteiger partial charge in [0, 0.05) is 28.7 Å². The lowest BCUT2D eigenvalue weighted by Gasteiger charge is -2.41. The molecule has 0 spiro atoms. The van der Waals surface area contributed by atoms with E-state index in [2.05, 4.69) is 122 Å². The average molecular weight is 548 g/mol. The van der Waals surface area contributed by atoms with Crippen LogP contribution in [0.25, 0.3) is 33.2 Å². The van der Waals surface area contributed by atoms with Gasteiger partial charge in [0.2, 0.25) is 0 Å². The number of nitrogens with zero attached hydrogens (tertiary/aromatic N) is 2. The minimum Gasteiger partial charge on any atom is -0.354 e. The van der Waals surface area contributed by atoms with Gasteiger partial charge in [-0.05, 0) is 74.2 Å². The number of aromatic amines is 1. The molecule has 41 heavy (non-hydrogen) atoms. The quantitative estimate of drug-likeness (QED) is 0.227. The van der Waals surface area contributed by atoms with E-state index in [1.54, 1.807) is 18.0 Å². The van der Waals surface area contributed by atoms with Crippen molar-refractivity contribution in [2.24, 2.45) is 0 Å². The summed E-state index contributed by atoms with van der Waals surface area (Å²) in [6.07, 6.45) is 3.54. The molecule has 0 saturated heterocycles. The molecular weight excluding hydrogens is 498 g/mol. The van der Waals surface area contributed by atoms with E-state index in [-0.39, 0.29) is 21.7 Å². The summed E-state index contributed by atoms with van der Waals surface area (Å²) in [5.41, 5.74) is 10.7. The van der Waals surface area contributed by atoms with Crippen molar-refractivity contribution in [2.45, 2.75) is 105 Å². The van der Waals surface area contributed by atoms with Crippen LogP contribution < -0.4 is 0 Å². The molecule has 3 heterocycles. The zero-order chi connectivity index (χ0) is 30.4. The Morgan fingerprint density at radius 2 is 0.878 bits per heavy atom. The van der Waals surface area contributed by atoms with Crippen molar-refractivity contribution in [3.8, 4) is 11.4 Å². The number of pyridine rings is 2. The Labute approximate surface area is 247 Å². The first-order valence-electron chi connectivity index (χ1n) is 14.9. The third kappa shape index (κ3) is 6.25. The van der Waals surface area contributed by atoms with Crippen molar-refractivity contribution >= 4 is 21.8 Å². The van der Waals surface area contributed by atoms with Crippen molar-refractivity contribution in [2.75, 3.05) is 0 Å². The number of nitrogens with one attached hydrogen (secondary N) is 1. The third-order valence-corrected chi connectivity index (χ3v) is 7.55. The summed E-state index contributed by atoms with van der Waals surface area (Å²) in [6, 6.07) is 20.4. The monoisotopic (exact) mass is 547 g/mol. The molecule has 0 aliphatic heterocycles.